The van der Waals surface area contributed by atoms with Crippen molar-refractivity contribution in [3.8, 4) is 11.1 Å². The summed E-state index contributed by atoms with van der Waals surface area (Å²) in [7, 11) is 0. The molecule has 0 aliphatic rings. The zero-order valence-electron chi connectivity index (χ0n) is 11.9. The lowest BCUT2D eigenvalue weighted by atomic mass is 9.94. The Morgan fingerprint density at radius 1 is 0.762 bits per heavy atom. The molecule has 3 aromatic carbocycles. The monoisotopic (exact) mass is 269 g/mol. The van der Waals surface area contributed by atoms with E-state index in [-0.39, 0.29) is 0 Å². The van der Waals surface area contributed by atoms with E-state index >= 15 is 0 Å². The SMILES string of the molecule is Cc1c(-c2ccccc2)ccc2cnc3ccccc3c12. The van der Waals surface area contributed by atoms with Crippen molar-refractivity contribution in [2.24, 2.45) is 0 Å². The van der Waals surface area contributed by atoms with E-state index in [1.165, 1.54) is 32.8 Å². The lowest BCUT2D eigenvalue weighted by Gasteiger charge is -2.11. The minimum Gasteiger partial charge on any atom is -0.256 e. The predicted molar refractivity (Wildman–Crippen MR) is 89.4 cm³/mol. The Labute approximate surface area is 123 Å². The normalized spacial score (nSPS) is 11.1. The highest BCUT2D eigenvalue weighted by Gasteiger charge is 2.09. The third kappa shape index (κ3) is 1.90. The van der Waals surface area contributed by atoms with Crippen LogP contribution in [0.15, 0.2) is 72.9 Å². The summed E-state index contributed by atoms with van der Waals surface area (Å²) in [5.74, 6) is 0. The molecule has 0 bridgehead atoms. The average molecular weight is 269 g/mol. The summed E-state index contributed by atoms with van der Waals surface area (Å²) in [6.45, 7) is 2.21. The van der Waals surface area contributed by atoms with Gasteiger partial charge in [-0.2, -0.15) is 0 Å². The summed E-state index contributed by atoms with van der Waals surface area (Å²) in [4.78, 5) is 4.55. The van der Waals surface area contributed by atoms with Gasteiger partial charge in [0.1, 0.15) is 0 Å². The largest absolute Gasteiger partial charge is 0.256 e. The second-order valence-corrected chi connectivity index (χ2v) is 5.34. The summed E-state index contributed by atoms with van der Waals surface area (Å²) in [5, 5.41) is 3.73. The third-order valence-corrected chi connectivity index (χ3v) is 4.10. The molecular formula is C20H15N. The Hall–Kier alpha value is -2.67. The molecule has 1 heteroatoms. The molecule has 0 fully saturated rings. The zero-order valence-corrected chi connectivity index (χ0v) is 11.9. The molecule has 0 atom stereocenters. The van der Waals surface area contributed by atoms with Gasteiger partial charge in [-0.3, -0.25) is 4.98 Å². The van der Waals surface area contributed by atoms with Gasteiger partial charge in [-0.1, -0.05) is 60.7 Å². The van der Waals surface area contributed by atoms with Crippen LogP contribution in [0.4, 0.5) is 0 Å². The zero-order chi connectivity index (χ0) is 14.2. The summed E-state index contributed by atoms with van der Waals surface area (Å²) < 4.78 is 0. The van der Waals surface area contributed by atoms with Crippen molar-refractivity contribution < 1.29 is 0 Å². The fraction of sp³-hybridized carbons (Fsp3) is 0.0500. The van der Waals surface area contributed by atoms with Gasteiger partial charge in [0.2, 0.25) is 0 Å². The predicted octanol–water partition coefficient (Wildman–Crippen LogP) is 5.36. The van der Waals surface area contributed by atoms with Crippen molar-refractivity contribution in [1.82, 2.24) is 4.98 Å². The minimum atomic E-state index is 1.05. The highest BCUT2D eigenvalue weighted by atomic mass is 14.6. The maximum Gasteiger partial charge on any atom is 0.0708 e. The van der Waals surface area contributed by atoms with Crippen LogP contribution in [0.1, 0.15) is 5.56 Å². The van der Waals surface area contributed by atoms with Gasteiger partial charge in [0, 0.05) is 17.0 Å². The number of benzene rings is 3. The van der Waals surface area contributed by atoms with Crippen molar-refractivity contribution in [3.05, 3.63) is 78.5 Å². The molecular weight excluding hydrogens is 254 g/mol. The van der Waals surface area contributed by atoms with Crippen molar-refractivity contribution in [3.63, 3.8) is 0 Å². The summed E-state index contributed by atoms with van der Waals surface area (Å²) in [5.41, 5.74) is 4.92. The van der Waals surface area contributed by atoms with Crippen molar-refractivity contribution in [2.75, 3.05) is 0 Å². The van der Waals surface area contributed by atoms with E-state index in [0.29, 0.717) is 0 Å². The summed E-state index contributed by atoms with van der Waals surface area (Å²) >= 11 is 0. The number of hydrogen-bond acceptors (Lipinski definition) is 1. The van der Waals surface area contributed by atoms with Gasteiger partial charge >= 0.3 is 0 Å². The first kappa shape index (κ1) is 12.1. The lowest BCUT2D eigenvalue weighted by molar-refractivity contribution is 1.43. The highest BCUT2D eigenvalue weighted by Crippen LogP contribution is 2.33. The molecule has 100 valence electrons. The number of aryl methyl sites for hydroxylation is 1. The Kier molecular flexibility index (Phi) is 2.71. The van der Waals surface area contributed by atoms with Gasteiger partial charge in [0.25, 0.3) is 0 Å². The van der Waals surface area contributed by atoms with Gasteiger partial charge in [0.15, 0.2) is 0 Å². The molecule has 0 amide bonds. The van der Waals surface area contributed by atoms with E-state index in [9.17, 15) is 0 Å². The smallest absolute Gasteiger partial charge is 0.0708 e. The average Bonchev–Trinajstić information content (AvgIpc) is 2.55. The molecule has 1 heterocycles. The first-order chi connectivity index (χ1) is 10.3. The van der Waals surface area contributed by atoms with Crippen molar-refractivity contribution in [1.29, 1.82) is 0 Å². The quantitative estimate of drug-likeness (QED) is 0.424. The van der Waals surface area contributed by atoms with Gasteiger partial charge in [-0.15, -0.1) is 0 Å². The molecule has 1 nitrogen and oxygen atoms in total. The lowest BCUT2D eigenvalue weighted by Crippen LogP contribution is -1.89. The third-order valence-electron chi connectivity index (χ3n) is 4.10. The van der Waals surface area contributed by atoms with Gasteiger partial charge in [-0.05, 0) is 35.1 Å². The Morgan fingerprint density at radius 2 is 1.52 bits per heavy atom. The number of nitrogens with zero attached hydrogens (tertiary/aromatic N) is 1. The number of hydrogen-bond donors (Lipinski definition) is 0. The second-order valence-electron chi connectivity index (χ2n) is 5.34. The number of para-hydroxylation sites is 1. The Morgan fingerprint density at radius 3 is 2.38 bits per heavy atom. The molecule has 0 aliphatic heterocycles. The van der Waals surface area contributed by atoms with E-state index in [1.807, 2.05) is 12.3 Å². The molecule has 0 aliphatic carbocycles. The standard InChI is InChI=1S/C20H15N/c1-14-17(15-7-3-2-4-8-15)12-11-16-13-21-19-10-6-5-9-18(19)20(14)16/h2-13H,1H3. The van der Waals surface area contributed by atoms with Crippen LogP contribution in [0.3, 0.4) is 0 Å². The van der Waals surface area contributed by atoms with Crippen molar-refractivity contribution in [2.45, 2.75) is 6.92 Å². The van der Waals surface area contributed by atoms with E-state index in [2.05, 4.69) is 72.6 Å². The van der Waals surface area contributed by atoms with Gasteiger partial charge in [0.05, 0.1) is 5.52 Å². The first-order valence-corrected chi connectivity index (χ1v) is 7.17. The topological polar surface area (TPSA) is 12.9 Å². The molecule has 4 aromatic rings. The van der Waals surface area contributed by atoms with Crippen LogP contribution in [0, 0.1) is 6.92 Å². The molecule has 1 aromatic heterocycles. The number of pyridine rings is 1. The number of rotatable bonds is 1. The minimum absolute atomic E-state index is 1.05. The number of aromatic nitrogens is 1. The van der Waals surface area contributed by atoms with Crippen LogP contribution in [0.25, 0.3) is 32.8 Å². The fourth-order valence-electron chi connectivity index (χ4n) is 3.06. The molecule has 4 rings (SSSR count). The van der Waals surface area contributed by atoms with Crippen LogP contribution in [0.5, 0.6) is 0 Å². The van der Waals surface area contributed by atoms with E-state index < -0.39 is 0 Å². The molecule has 0 spiro atoms. The Balaban J connectivity index is 2.13. The molecule has 0 saturated carbocycles. The molecule has 0 radical (unpaired) electrons. The maximum atomic E-state index is 4.55. The van der Waals surface area contributed by atoms with E-state index in [1.54, 1.807) is 0 Å². The van der Waals surface area contributed by atoms with E-state index in [0.717, 1.165) is 5.52 Å². The maximum absolute atomic E-state index is 4.55. The first-order valence-electron chi connectivity index (χ1n) is 7.17. The van der Waals surface area contributed by atoms with Crippen LogP contribution in [0.2, 0.25) is 0 Å². The number of fused-ring (bicyclic) bond motifs is 3. The molecule has 0 N–H and O–H groups in total. The van der Waals surface area contributed by atoms with Gasteiger partial charge in [-0.25, -0.2) is 0 Å². The highest BCUT2D eigenvalue weighted by molar-refractivity contribution is 6.09. The summed E-state index contributed by atoms with van der Waals surface area (Å²) in [6.07, 6.45) is 1.97. The Bertz CT molecular complexity index is 940. The second kappa shape index (κ2) is 4.71. The molecule has 0 unspecified atom stereocenters. The van der Waals surface area contributed by atoms with Crippen molar-refractivity contribution >= 4 is 21.7 Å². The van der Waals surface area contributed by atoms with Crippen LogP contribution in [-0.2, 0) is 0 Å². The molecule has 0 saturated heterocycles. The van der Waals surface area contributed by atoms with Gasteiger partial charge < -0.3 is 0 Å². The summed E-state index contributed by atoms with van der Waals surface area (Å²) in [6, 6.07) is 23.3. The fourth-order valence-corrected chi connectivity index (χ4v) is 3.06. The molecule has 21 heavy (non-hydrogen) atoms. The van der Waals surface area contributed by atoms with Crippen LogP contribution >= 0.6 is 0 Å². The van der Waals surface area contributed by atoms with Crippen LogP contribution in [-0.4, -0.2) is 4.98 Å². The van der Waals surface area contributed by atoms with E-state index in [4.69, 9.17) is 0 Å². The van der Waals surface area contributed by atoms with Crippen LogP contribution < -0.4 is 0 Å².